The van der Waals surface area contributed by atoms with Crippen LogP contribution >= 0.6 is 0 Å². The average molecular weight is 671 g/mol. The summed E-state index contributed by atoms with van der Waals surface area (Å²) in [6, 6.07) is 39.7. The molecule has 2 aromatic heterocycles. The number of rotatable bonds is 4. The first-order valence-electron chi connectivity index (χ1n) is 21.1. The van der Waals surface area contributed by atoms with Gasteiger partial charge in [-0.1, -0.05) is 145 Å². The molecular formula is C50H30O2. The van der Waals surface area contributed by atoms with Gasteiger partial charge in [0.15, 0.2) is 0 Å². The van der Waals surface area contributed by atoms with Crippen molar-refractivity contribution >= 4 is 65.4 Å². The van der Waals surface area contributed by atoms with Gasteiger partial charge in [-0.2, -0.15) is 0 Å². The lowest BCUT2D eigenvalue weighted by molar-refractivity contribution is 0.663. The Labute approximate surface area is 311 Å². The molecule has 9 aromatic carbocycles. The van der Waals surface area contributed by atoms with Crippen LogP contribution < -0.4 is 0 Å². The van der Waals surface area contributed by atoms with E-state index < -0.39 is 24.2 Å². The Bertz CT molecular complexity index is 3550. The number of furan rings is 2. The molecule has 0 saturated carbocycles. The number of para-hydroxylation sites is 1. The molecule has 0 fully saturated rings. The third kappa shape index (κ3) is 4.38. The quantitative estimate of drug-likeness (QED) is 0.174. The van der Waals surface area contributed by atoms with Crippen LogP contribution in [0.3, 0.4) is 0 Å². The molecule has 0 aliphatic carbocycles. The van der Waals surface area contributed by atoms with Crippen LogP contribution in [-0.4, -0.2) is 0 Å². The largest absolute Gasteiger partial charge is 0.456 e. The van der Waals surface area contributed by atoms with Crippen LogP contribution in [0.1, 0.15) is 11.0 Å². The number of hydrogen-bond acceptors (Lipinski definition) is 2. The van der Waals surface area contributed by atoms with Crippen molar-refractivity contribution in [1.82, 2.24) is 0 Å². The van der Waals surface area contributed by atoms with E-state index in [-0.39, 0.29) is 45.7 Å². The van der Waals surface area contributed by atoms with Crippen molar-refractivity contribution in [1.29, 1.82) is 0 Å². The zero-order valence-electron chi connectivity index (χ0n) is 35.5. The monoisotopic (exact) mass is 670 g/mol. The van der Waals surface area contributed by atoms with Gasteiger partial charge in [-0.3, -0.25) is 0 Å². The van der Waals surface area contributed by atoms with E-state index in [0.29, 0.717) is 27.8 Å². The van der Waals surface area contributed by atoms with Crippen molar-refractivity contribution in [3.05, 3.63) is 182 Å². The van der Waals surface area contributed by atoms with Gasteiger partial charge in [-0.25, -0.2) is 0 Å². The topological polar surface area (TPSA) is 26.3 Å². The maximum absolute atomic E-state index is 9.37. The van der Waals surface area contributed by atoms with Crippen LogP contribution in [0.15, 0.2) is 191 Å². The van der Waals surface area contributed by atoms with Gasteiger partial charge in [0.05, 0.1) is 11.0 Å². The molecule has 0 aliphatic rings. The first-order valence-corrected chi connectivity index (χ1v) is 17.1. The summed E-state index contributed by atoms with van der Waals surface area (Å²) in [5.41, 5.74) is 8.17. The minimum atomic E-state index is -0.440. The maximum atomic E-state index is 9.37. The molecule has 0 spiro atoms. The molecule has 0 amide bonds. The van der Waals surface area contributed by atoms with E-state index in [1.54, 1.807) is 0 Å². The summed E-state index contributed by atoms with van der Waals surface area (Å²) in [5.74, 6) is 0. The van der Waals surface area contributed by atoms with Crippen molar-refractivity contribution in [3.63, 3.8) is 0 Å². The van der Waals surface area contributed by atoms with E-state index in [1.165, 1.54) is 0 Å². The van der Waals surface area contributed by atoms with E-state index in [0.717, 1.165) is 60.5 Å². The molecular weight excluding hydrogens is 633 g/mol. The normalized spacial score (nSPS) is 14.0. The second-order valence-electron chi connectivity index (χ2n) is 13.0. The average Bonchev–Trinajstić information content (AvgIpc) is 3.86. The highest BCUT2D eigenvalue weighted by atomic mass is 16.3. The molecule has 52 heavy (non-hydrogen) atoms. The molecule has 0 radical (unpaired) electrons. The molecule has 11 aromatic rings. The molecule has 0 saturated heterocycles. The first-order chi connectivity index (χ1) is 29.1. The molecule has 2 heteroatoms. The summed E-state index contributed by atoms with van der Waals surface area (Å²) >= 11 is 0. The SMILES string of the molecule is [2H]c1c([2H])c([2H])c2c(-c3cccc(-c4ccc5c(c4)oc4ccc6oc7ccccc7c6c45)c3)c3c([2H])c([2H])c([2H])c([2H])c3c(-c3ccc(-c4ccccc4)cc3)c2c1[2H]. The zero-order chi connectivity index (χ0) is 41.1. The Hall–Kier alpha value is -6.90. The van der Waals surface area contributed by atoms with Gasteiger partial charge in [0.2, 0.25) is 0 Å². The molecule has 0 aliphatic heterocycles. The predicted octanol–water partition coefficient (Wildman–Crippen LogP) is 14.5. The van der Waals surface area contributed by atoms with Gasteiger partial charge in [0, 0.05) is 21.5 Å². The Balaban J connectivity index is 1.18. The molecule has 0 bridgehead atoms. The summed E-state index contributed by atoms with van der Waals surface area (Å²) < 4.78 is 85.3. The van der Waals surface area contributed by atoms with Crippen LogP contribution in [0, 0.1) is 0 Å². The molecule has 2 nitrogen and oxygen atoms in total. The van der Waals surface area contributed by atoms with Crippen LogP contribution in [0.5, 0.6) is 0 Å². The van der Waals surface area contributed by atoms with E-state index >= 15 is 0 Å². The van der Waals surface area contributed by atoms with E-state index in [1.807, 2.05) is 133 Å². The predicted molar refractivity (Wildman–Crippen MR) is 218 cm³/mol. The molecule has 0 atom stereocenters. The highest BCUT2D eigenvalue weighted by molar-refractivity contribution is 6.26. The van der Waals surface area contributed by atoms with Gasteiger partial charge in [0.1, 0.15) is 22.3 Å². The van der Waals surface area contributed by atoms with Crippen molar-refractivity contribution in [3.8, 4) is 44.5 Å². The number of hydrogen-bond donors (Lipinski definition) is 0. The van der Waals surface area contributed by atoms with Crippen molar-refractivity contribution in [2.75, 3.05) is 0 Å². The van der Waals surface area contributed by atoms with E-state index in [4.69, 9.17) is 14.3 Å². The highest BCUT2D eigenvalue weighted by Gasteiger charge is 2.19. The smallest absolute Gasteiger partial charge is 0.136 e. The van der Waals surface area contributed by atoms with Gasteiger partial charge in [-0.05, 0) is 102 Å². The standard InChI is InChI=1S/C50H30O2/c1-2-11-31(12-3-1)32-21-23-33(24-22-32)47-37-15-4-6-17-39(37)48(40-18-7-5-16-38(40)47)36-14-10-13-34(29-36)35-25-26-42-46(30-35)52-45-28-27-44-49(50(42)45)41-19-8-9-20-43(41)51-44/h1-30H/i4D,5D,6D,7D,15D,16D,17D,18D. The maximum Gasteiger partial charge on any atom is 0.136 e. The molecule has 242 valence electrons. The third-order valence-corrected chi connectivity index (χ3v) is 10.1. The second-order valence-corrected chi connectivity index (χ2v) is 13.0. The van der Waals surface area contributed by atoms with E-state index in [2.05, 4.69) is 0 Å². The van der Waals surface area contributed by atoms with Crippen molar-refractivity contribution in [2.45, 2.75) is 0 Å². The summed E-state index contributed by atoms with van der Waals surface area (Å²) in [6.07, 6.45) is 0. The van der Waals surface area contributed by atoms with Gasteiger partial charge >= 0.3 is 0 Å². The van der Waals surface area contributed by atoms with Gasteiger partial charge in [-0.15, -0.1) is 0 Å². The fraction of sp³-hybridized carbons (Fsp3) is 0. The highest BCUT2D eigenvalue weighted by Crippen LogP contribution is 2.45. The zero-order valence-corrected chi connectivity index (χ0v) is 27.5. The summed E-state index contributed by atoms with van der Waals surface area (Å²) in [5, 5.41) is 4.57. The van der Waals surface area contributed by atoms with Gasteiger partial charge in [0.25, 0.3) is 0 Å². The lowest BCUT2D eigenvalue weighted by Crippen LogP contribution is -1.91. The summed E-state index contributed by atoms with van der Waals surface area (Å²) in [6.45, 7) is 0. The minimum absolute atomic E-state index is 0.168. The van der Waals surface area contributed by atoms with Crippen molar-refractivity contribution < 1.29 is 19.8 Å². The molecule has 2 heterocycles. The Morgan fingerprint density at radius 3 is 1.48 bits per heavy atom. The Morgan fingerprint density at radius 2 is 0.788 bits per heavy atom. The lowest BCUT2D eigenvalue weighted by atomic mass is 9.85. The van der Waals surface area contributed by atoms with E-state index in [9.17, 15) is 5.48 Å². The molecule has 0 N–H and O–H groups in total. The molecule has 0 unspecified atom stereocenters. The van der Waals surface area contributed by atoms with Crippen molar-refractivity contribution in [2.24, 2.45) is 0 Å². The number of fused-ring (bicyclic) bond motifs is 9. The van der Waals surface area contributed by atoms with Crippen LogP contribution in [0.2, 0.25) is 0 Å². The lowest BCUT2D eigenvalue weighted by Gasteiger charge is -2.18. The Kier molecular flexibility index (Phi) is 4.79. The van der Waals surface area contributed by atoms with Crippen LogP contribution in [-0.2, 0) is 0 Å². The van der Waals surface area contributed by atoms with Gasteiger partial charge < -0.3 is 8.83 Å². The fourth-order valence-electron chi connectivity index (χ4n) is 7.78. The second kappa shape index (κ2) is 11.3. The first kappa shape index (κ1) is 22.0. The third-order valence-electron chi connectivity index (χ3n) is 10.1. The van der Waals surface area contributed by atoms with Crippen LogP contribution in [0.4, 0.5) is 0 Å². The number of benzene rings is 9. The molecule has 11 rings (SSSR count). The Morgan fingerprint density at radius 1 is 0.308 bits per heavy atom. The fourth-order valence-corrected chi connectivity index (χ4v) is 7.78. The summed E-state index contributed by atoms with van der Waals surface area (Å²) in [7, 11) is 0. The minimum Gasteiger partial charge on any atom is -0.456 e. The summed E-state index contributed by atoms with van der Waals surface area (Å²) in [4.78, 5) is 0. The van der Waals surface area contributed by atoms with Crippen LogP contribution in [0.25, 0.3) is 110 Å².